The van der Waals surface area contributed by atoms with Crippen molar-refractivity contribution in [3.05, 3.63) is 119 Å². The molecule has 5 amide bonds. The molecule has 0 aliphatic carbocycles. The molecule has 0 radical (unpaired) electrons. The van der Waals surface area contributed by atoms with Gasteiger partial charge in [0.2, 0.25) is 18.2 Å². The highest BCUT2D eigenvalue weighted by Crippen LogP contribution is 2.36. The fraction of sp³-hybridized carbons (Fsp3) is 0.500. The van der Waals surface area contributed by atoms with E-state index in [-0.39, 0.29) is 23.8 Å². The predicted octanol–water partition coefficient (Wildman–Crippen LogP) is 6.91. The molecule has 2 aromatic heterocycles. The summed E-state index contributed by atoms with van der Waals surface area (Å²) in [6, 6.07) is 24.1. The molecule has 5 heterocycles. The first kappa shape index (κ1) is 58.9. The number of H-pyrrole nitrogens is 1. The van der Waals surface area contributed by atoms with E-state index in [4.69, 9.17) is 23.9 Å². The fourth-order valence-electron chi connectivity index (χ4n) is 10.5. The minimum absolute atomic E-state index is 0.115. The number of nitrogens with one attached hydrogen (secondary N) is 4. The van der Waals surface area contributed by atoms with E-state index in [1.165, 1.54) is 0 Å². The van der Waals surface area contributed by atoms with Gasteiger partial charge in [0.15, 0.2) is 11.6 Å². The van der Waals surface area contributed by atoms with Crippen molar-refractivity contribution in [2.75, 3.05) is 103 Å². The van der Waals surface area contributed by atoms with Gasteiger partial charge < -0.3 is 49.2 Å². The van der Waals surface area contributed by atoms with Crippen LogP contribution in [0.3, 0.4) is 0 Å². The van der Waals surface area contributed by atoms with E-state index in [0.29, 0.717) is 128 Å². The molecule has 2 saturated heterocycles. The molecule has 8 rings (SSSR count). The van der Waals surface area contributed by atoms with Gasteiger partial charge in [-0.3, -0.25) is 39.4 Å². The second-order valence-electron chi connectivity index (χ2n) is 20.9. The standard InChI is InChI=1S/C60H79N11O9/c1-4-12-53(57(75)62-43-72)71-42-48-40-50(18-19-52(48)58(71)76)69-28-30-70(31-29-69)54(73)17-11-33-78-36-38-79-37-35-77-32-7-5-6-8-34-80-51-16-10-13-46(41-51)44(2)63-56(74)47-14-9-15-49(39-47)65-60(22-26-68(3)27-23-60)59-64-55(66-67-59)45-20-24-61-25-21-45/h9-10,13-16,18-21,24-25,39-41,43-44,53,65H,4-8,11-12,17,22-23,26-38,42H2,1-3H3,(H,63,74)(H,62,72,75)(H,64,66,67). The molecule has 428 valence electrons. The van der Waals surface area contributed by atoms with Crippen LogP contribution in [0.4, 0.5) is 11.4 Å². The van der Waals surface area contributed by atoms with Crippen LogP contribution in [0.25, 0.3) is 11.4 Å². The second kappa shape index (κ2) is 29.8. The lowest BCUT2D eigenvalue weighted by Crippen LogP contribution is -2.48. The highest BCUT2D eigenvalue weighted by Gasteiger charge is 2.39. The largest absolute Gasteiger partial charge is 0.494 e. The first-order valence-electron chi connectivity index (χ1n) is 28.4. The molecular formula is C60H79N11O9. The maximum absolute atomic E-state index is 13.6. The summed E-state index contributed by atoms with van der Waals surface area (Å²) >= 11 is 0. The van der Waals surface area contributed by atoms with Crippen LogP contribution in [0.15, 0.2) is 91.3 Å². The number of fused-ring (bicyclic) bond motifs is 1. The molecule has 2 unspecified atom stereocenters. The van der Waals surface area contributed by atoms with Crippen molar-refractivity contribution in [1.29, 1.82) is 0 Å². The van der Waals surface area contributed by atoms with Crippen LogP contribution in [0.5, 0.6) is 5.75 Å². The third-order valence-corrected chi connectivity index (χ3v) is 15.2. The number of carbonyl (C=O) groups is 5. The van der Waals surface area contributed by atoms with Crippen LogP contribution in [0.1, 0.15) is 122 Å². The van der Waals surface area contributed by atoms with Gasteiger partial charge in [-0.15, -0.1) is 0 Å². The number of carbonyl (C=O) groups excluding carboxylic acids is 5. The molecule has 2 atom stereocenters. The molecule has 80 heavy (non-hydrogen) atoms. The third-order valence-electron chi connectivity index (χ3n) is 15.2. The van der Waals surface area contributed by atoms with Gasteiger partial charge in [0.25, 0.3) is 11.8 Å². The Kier molecular flexibility index (Phi) is 21.9. The van der Waals surface area contributed by atoms with E-state index in [1.54, 1.807) is 17.3 Å². The summed E-state index contributed by atoms with van der Waals surface area (Å²) in [7, 11) is 2.12. The fourth-order valence-corrected chi connectivity index (χ4v) is 10.5. The molecule has 5 aromatic rings. The van der Waals surface area contributed by atoms with Gasteiger partial charge in [-0.05, 0) is 131 Å². The summed E-state index contributed by atoms with van der Waals surface area (Å²) in [5, 5.41) is 16.9. The lowest BCUT2D eigenvalue weighted by atomic mass is 9.86. The Bertz CT molecular complexity index is 2800. The van der Waals surface area contributed by atoms with Gasteiger partial charge in [-0.2, -0.15) is 5.10 Å². The molecule has 20 heteroatoms. The van der Waals surface area contributed by atoms with Crippen LogP contribution in [-0.2, 0) is 40.7 Å². The van der Waals surface area contributed by atoms with Crippen LogP contribution < -0.4 is 25.6 Å². The average molecular weight is 1100 g/mol. The zero-order valence-corrected chi connectivity index (χ0v) is 46.7. The number of aromatic amines is 1. The van der Waals surface area contributed by atoms with Crippen LogP contribution >= 0.6 is 0 Å². The number of rotatable bonds is 31. The Hall–Kier alpha value is -7.26. The molecule has 0 saturated carbocycles. The smallest absolute Gasteiger partial charge is 0.255 e. The summed E-state index contributed by atoms with van der Waals surface area (Å²) in [4.78, 5) is 80.3. The summed E-state index contributed by atoms with van der Waals surface area (Å²) in [6.07, 6.45) is 11.6. The van der Waals surface area contributed by atoms with Gasteiger partial charge in [0.05, 0.1) is 44.6 Å². The lowest BCUT2D eigenvalue weighted by molar-refractivity contribution is -0.132. The molecule has 0 spiro atoms. The zero-order chi connectivity index (χ0) is 56.1. The van der Waals surface area contributed by atoms with Gasteiger partial charge in [0, 0.05) is 106 Å². The van der Waals surface area contributed by atoms with E-state index in [0.717, 1.165) is 91.3 Å². The Labute approximate surface area is 469 Å². The van der Waals surface area contributed by atoms with E-state index in [9.17, 15) is 24.0 Å². The van der Waals surface area contributed by atoms with Crippen molar-refractivity contribution in [3.8, 4) is 17.1 Å². The molecular weight excluding hydrogens is 1020 g/mol. The first-order chi connectivity index (χ1) is 39.0. The normalized spacial score (nSPS) is 16.0. The van der Waals surface area contributed by atoms with E-state index >= 15 is 0 Å². The van der Waals surface area contributed by atoms with E-state index in [2.05, 4.69) is 48.0 Å². The summed E-state index contributed by atoms with van der Waals surface area (Å²) in [5.74, 6) is 1.45. The Morgan fingerprint density at radius 2 is 1.51 bits per heavy atom. The quantitative estimate of drug-likeness (QED) is 0.0261. The molecule has 0 bridgehead atoms. The number of ether oxygens (including phenoxy) is 4. The van der Waals surface area contributed by atoms with Crippen LogP contribution in [-0.4, -0.2) is 164 Å². The number of aromatic nitrogens is 4. The van der Waals surface area contributed by atoms with Gasteiger partial charge in [-0.25, -0.2) is 4.98 Å². The Morgan fingerprint density at radius 1 is 0.800 bits per heavy atom. The van der Waals surface area contributed by atoms with Crippen LogP contribution in [0, 0.1) is 0 Å². The number of hydrogen-bond donors (Lipinski definition) is 4. The minimum Gasteiger partial charge on any atom is -0.494 e. The number of likely N-dealkylation sites (tertiary alicyclic amines) is 1. The second-order valence-corrected chi connectivity index (χ2v) is 20.9. The van der Waals surface area contributed by atoms with Gasteiger partial charge in [-0.1, -0.05) is 38.0 Å². The van der Waals surface area contributed by atoms with Crippen molar-refractivity contribution in [1.82, 2.24) is 45.5 Å². The average Bonchev–Trinajstić information content (AvgIpc) is 4.11. The molecule has 2 fully saturated rings. The summed E-state index contributed by atoms with van der Waals surface area (Å²) in [6.45, 7) is 12.3. The van der Waals surface area contributed by atoms with E-state index < -0.39 is 17.5 Å². The number of amides is 5. The Morgan fingerprint density at radius 3 is 2.25 bits per heavy atom. The number of anilines is 2. The lowest BCUT2D eigenvalue weighted by Gasteiger charge is -2.40. The van der Waals surface area contributed by atoms with Gasteiger partial charge >= 0.3 is 0 Å². The molecule has 3 aliphatic rings. The Balaban J connectivity index is 0.628. The number of nitrogens with zero attached hydrogens (tertiary/aromatic N) is 7. The molecule has 4 N–H and O–H groups in total. The summed E-state index contributed by atoms with van der Waals surface area (Å²) in [5.41, 5.74) is 5.19. The van der Waals surface area contributed by atoms with Gasteiger partial charge in [0.1, 0.15) is 11.8 Å². The molecule has 20 nitrogen and oxygen atoms in total. The van der Waals surface area contributed by atoms with Crippen molar-refractivity contribution in [2.45, 2.75) is 102 Å². The highest BCUT2D eigenvalue weighted by atomic mass is 16.5. The monoisotopic (exact) mass is 1100 g/mol. The number of unbranched alkanes of at least 4 members (excludes halogenated alkanes) is 3. The minimum atomic E-state index is -0.701. The number of piperidine rings is 1. The SMILES string of the molecule is CCCC(C(=O)NC=O)N1Cc2cc(N3CCN(C(=O)CCCOCCOCCOCCCCCCOc4cccc(C(C)NC(=O)c5cccc(NC6(c7nc(-c8ccncc8)n[nH]7)CCN(C)CC6)c5)c4)CC3)ccc2C1=O. The zero-order valence-electron chi connectivity index (χ0n) is 46.7. The summed E-state index contributed by atoms with van der Waals surface area (Å²) < 4.78 is 23.3. The number of imide groups is 1. The number of piperazine rings is 1. The number of hydrogen-bond acceptors (Lipinski definition) is 15. The third kappa shape index (κ3) is 16.2. The van der Waals surface area contributed by atoms with Crippen molar-refractivity contribution < 1.29 is 42.9 Å². The van der Waals surface area contributed by atoms with Crippen LogP contribution in [0.2, 0.25) is 0 Å². The predicted molar refractivity (Wildman–Crippen MR) is 304 cm³/mol. The molecule has 3 aromatic carbocycles. The maximum atomic E-state index is 13.6. The topological polar surface area (TPSA) is 226 Å². The van der Waals surface area contributed by atoms with Crippen molar-refractivity contribution >= 4 is 41.4 Å². The van der Waals surface area contributed by atoms with Crippen molar-refractivity contribution in [2.24, 2.45) is 0 Å². The van der Waals surface area contributed by atoms with E-state index in [1.807, 2.05) is 97.6 Å². The van der Waals surface area contributed by atoms with Crippen molar-refractivity contribution in [3.63, 3.8) is 0 Å². The number of benzene rings is 3. The highest BCUT2D eigenvalue weighted by molar-refractivity contribution is 6.02. The maximum Gasteiger partial charge on any atom is 0.255 e. The molecule has 3 aliphatic heterocycles. The number of pyridine rings is 1. The first-order valence-corrected chi connectivity index (χ1v) is 28.4.